The molecule has 8 heteroatoms. The fraction of sp³-hybridized carbons (Fsp3) is 0.375. The van der Waals surface area contributed by atoms with Gasteiger partial charge < -0.3 is 15.2 Å². The van der Waals surface area contributed by atoms with Gasteiger partial charge in [-0.25, -0.2) is 8.42 Å². The zero-order valence-corrected chi connectivity index (χ0v) is 19.6. The molecule has 2 aliphatic rings. The Labute approximate surface area is 194 Å². The molecule has 2 aliphatic heterocycles. The lowest BCUT2D eigenvalue weighted by Crippen LogP contribution is -2.52. The monoisotopic (exact) mass is 473 g/mol. The maximum Gasteiger partial charge on any atom is 0.231 e. The van der Waals surface area contributed by atoms with E-state index in [-0.39, 0.29) is 23.2 Å². The normalized spacial score (nSPS) is 22.3. The Balaban J connectivity index is 0.00000245. The van der Waals surface area contributed by atoms with Gasteiger partial charge in [-0.1, -0.05) is 35.9 Å². The van der Waals surface area contributed by atoms with Crippen LogP contribution in [0.3, 0.4) is 0 Å². The smallest absolute Gasteiger partial charge is 0.231 e. The van der Waals surface area contributed by atoms with Crippen molar-refractivity contribution in [1.29, 1.82) is 0 Å². The van der Waals surface area contributed by atoms with Crippen molar-refractivity contribution in [1.82, 2.24) is 15.2 Å². The van der Waals surface area contributed by atoms with Gasteiger partial charge in [-0.2, -0.15) is 0 Å². The summed E-state index contributed by atoms with van der Waals surface area (Å²) in [6, 6.07) is 14.6. The highest BCUT2D eigenvalue weighted by Crippen LogP contribution is 2.44. The van der Waals surface area contributed by atoms with E-state index in [9.17, 15) is 13.2 Å². The minimum Gasteiger partial charge on any atom is -0.361 e. The molecule has 1 spiro atoms. The molecule has 2 unspecified atom stereocenters. The van der Waals surface area contributed by atoms with Crippen LogP contribution in [0.15, 0.2) is 59.6 Å². The van der Waals surface area contributed by atoms with E-state index in [0.717, 1.165) is 42.3 Å². The van der Waals surface area contributed by atoms with Crippen molar-refractivity contribution in [2.24, 2.45) is 5.41 Å². The number of aromatic amines is 1. The summed E-state index contributed by atoms with van der Waals surface area (Å²) in [5.41, 5.74) is 1.99. The van der Waals surface area contributed by atoms with Crippen molar-refractivity contribution in [3.8, 4) is 0 Å². The number of aromatic nitrogens is 1. The molecule has 2 saturated heterocycles. The number of halogens is 1. The number of amides is 1. The highest BCUT2D eigenvalue weighted by molar-refractivity contribution is 7.91. The third-order valence-corrected chi connectivity index (χ3v) is 8.85. The van der Waals surface area contributed by atoms with E-state index in [1.54, 1.807) is 35.4 Å². The summed E-state index contributed by atoms with van der Waals surface area (Å²) in [6.45, 7) is 3.78. The fourth-order valence-corrected chi connectivity index (χ4v) is 6.96. The number of hydrogen-bond acceptors (Lipinski definition) is 4. The first-order valence-corrected chi connectivity index (χ1v) is 12.4. The summed E-state index contributed by atoms with van der Waals surface area (Å²) in [4.78, 5) is 18.8. The highest BCUT2D eigenvalue weighted by Gasteiger charge is 2.50. The van der Waals surface area contributed by atoms with E-state index in [2.05, 4.69) is 10.3 Å². The summed E-state index contributed by atoms with van der Waals surface area (Å²) in [5.74, 6) is -0.0466. The number of para-hydroxylation sites is 1. The molecule has 5 rings (SSSR count). The van der Waals surface area contributed by atoms with E-state index in [1.165, 1.54) is 0 Å². The number of fused-ring (bicyclic) bond motifs is 1. The van der Waals surface area contributed by atoms with Crippen molar-refractivity contribution in [2.75, 3.05) is 19.6 Å². The lowest BCUT2D eigenvalue weighted by atomic mass is 9.78. The van der Waals surface area contributed by atoms with Gasteiger partial charge >= 0.3 is 0 Å². The Morgan fingerprint density at radius 1 is 1.06 bits per heavy atom. The number of nitrogens with zero attached hydrogens (tertiary/aromatic N) is 1. The number of H-pyrrole nitrogens is 1. The average Bonchev–Trinajstić information content (AvgIpc) is 3.40. The van der Waals surface area contributed by atoms with Crippen molar-refractivity contribution >= 4 is 39.1 Å². The number of aryl methyl sites for hydroxylation is 1. The average molecular weight is 474 g/mol. The van der Waals surface area contributed by atoms with Gasteiger partial charge in [0.25, 0.3) is 0 Å². The van der Waals surface area contributed by atoms with Gasteiger partial charge in [0.2, 0.25) is 15.7 Å². The third-order valence-electron chi connectivity index (χ3n) is 6.83. The zero-order chi connectivity index (χ0) is 21.6. The summed E-state index contributed by atoms with van der Waals surface area (Å²) in [7, 11) is -3.85. The molecule has 0 radical (unpaired) electrons. The summed E-state index contributed by atoms with van der Waals surface area (Å²) < 4.78 is 28.0. The SMILES string of the molecule is Cc1ccc(S(=O)(=O)C(c2c[nH]c3ccccc23)N2CCCC3(CCNC3)C2=O)cc1.Cl. The number of carbonyl (C=O) groups excluding carboxylic acids is 1. The third kappa shape index (κ3) is 3.62. The zero-order valence-electron chi connectivity index (χ0n) is 18.0. The second-order valence-corrected chi connectivity index (χ2v) is 10.8. The van der Waals surface area contributed by atoms with Crippen molar-refractivity contribution < 1.29 is 13.2 Å². The maximum atomic E-state index is 14.0. The first kappa shape index (κ1) is 22.8. The van der Waals surface area contributed by atoms with Gasteiger partial charge in [0, 0.05) is 35.8 Å². The molecule has 170 valence electrons. The number of benzene rings is 2. The number of piperidine rings is 1. The van der Waals surface area contributed by atoms with Crippen LogP contribution in [0.4, 0.5) is 0 Å². The minimum absolute atomic E-state index is 0. The molecule has 3 aromatic rings. The number of likely N-dealkylation sites (tertiary alicyclic amines) is 1. The van der Waals surface area contributed by atoms with Gasteiger partial charge in [-0.05, 0) is 50.9 Å². The largest absolute Gasteiger partial charge is 0.361 e. The second kappa shape index (κ2) is 8.54. The van der Waals surface area contributed by atoms with E-state index in [0.29, 0.717) is 18.7 Å². The Morgan fingerprint density at radius 2 is 1.81 bits per heavy atom. The summed E-state index contributed by atoms with van der Waals surface area (Å²) in [6.07, 6.45) is 4.12. The topological polar surface area (TPSA) is 82.3 Å². The first-order chi connectivity index (χ1) is 14.9. The predicted octanol–water partition coefficient (Wildman–Crippen LogP) is 3.97. The molecular weight excluding hydrogens is 446 g/mol. The number of hydrogen-bond donors (Lipinski definition) is 2. The van der Waals surface area contributed by atoms with E-state index in [4.69, 9.17) is 0 Å². The Kier molecular flexibility index (Phi) is 6.09. The molecule has 1 aromatic heterocycles. The standard InChI is InChI=1S/C24H27N3O3S.ClH/c1-17-7-9-18(10-8-17)31(29,30)22(20-15-26-21-6-3-2-5-19(20)21)27-14-4-11-24(23(27)28)12-13-25-16-24;/h2-3,5-10,15,22,25-26H,4,11-14,16H2,1H3;1H. The molecule has 0 saturated carbocycles. The van der Waals surface area contributed by atoms with Crippen molar-refractivity contribution in [2.45, 2.75) is 36.5 Å². The van der Waals surface area contributed by atoms with Crippen LogP contribution in [0.5, 0.6) is 0 Å². The summed E-state index contributed by atoms with van der Waals surface area (Å²) >= 11 is 0. The number of rotatable bonds is 4. The molecule has 6 nitrogen and oxygen atoms in total. The Morgan fingerprint density at radius 3 is 2.53 bits per heavy atom. The molecule has 0 bridgehead atoms. The number of sulfone groups is 1. The lowest BCUT2D eigenvalue weighted by Gasteiger charge is -2.42. The van der Waals surface area contributed by atoms with Crippen LogP contribution >= 0.6 is 12.4 Å². The first-order valence-electron chi connectivity index (χ1n) is 10.8. The highest BCUT2D eigenvalue weighted by atomic mass is 35.5. The minimum atomic E-state index is -3.85. The van der Waals surface area contributed by atoms with Crippen LogP contribution in [0.1, 0.15) is 35.8 Å². The van der Waals surface area contributed by atoms with Crippen molar-refractivity contribution in [3.63, 3.8) is 0 Å². The molecule has 2 N–H and O–H groups in total. The molecular formula is C24H28ClN3O3S. The van der Waals surface area contributed by atoms with Gasteiger partial charge in [-0.3, -0.25) is 4.79 Å². The Hall–Kier alpha value is -2.35. The van der Waals surface area contributed by atoms with Crippen LogP contribution in [0.2, 0.25) is 0 Å². The molecule has 2 aromatic carbocycles. The fourth-order valence-electron chi connectivity index (χ4n) is 5.12. The molecule has 1 amide bonds. The predicted molar refractivity (Wildman–Crippen MR) is 128 cm³/mol. The van der Waals surface area contributed by atoms with Gasteiger partial charge in [0.1, 0.15) is 0 Å². The van der Waals surface area contributed by atoms with Crippen molar-refractivity contribution in [3.05, 3.63) is 65.9 Å². The molecule has 2 fully saturated rings. The van der Waals surface area contributed by atoms with Crippen LogP contribution < -0.4 is 5.32 Å². The van der Waals surface area contributed by atoms with Crippen LogP contribution in [-0.2, 0) is 14.6 Å². The molecule has 2 atom stereocenters. The van der Waals surface area contributed by atoms with E-state index < -0.39 is 20.6 Å². The van der Waals surface area contributed by atoms with E-state index >= 15 is 0 Å². The van der Waals surface area contributed by atoms with Crippen LogP contribution in [-0.4, -0.2) is 43.8 Å². The molecule has 3 heterocycles. The number of nitrogens with one attached hydrogen (secondary N) is 2. The maximum absolute atomic E-state index is 14.0. The van der Waals surface area contributed by atoms with Crippen LogP contribution in [0, 0.1) is 12.3 Å². The van der Waals surface area contributed by atoms with Gasteiger partial charge in [0.15, 0.2) is 5.37 Å². The molecule has 0 aliphatic carbocycles. The lowest BCUT2D eigenvalue weighted by molar-refractivity contribution is -0.146. The van der Waals surface area contributed by atoms with Crippen LogP contribution in [0.25, 0.3) is 10.9 Å². The van der Waals surface area contributed by atoms with Gasteiger partial charge in [-0.15, -0.1) is 12.4 Å². The van der Waals surface area contributed by atoms with Gasteiger partial charge in [0.05, 0.1) is 10.3 Å². The summed E-state index contributed by atoms with van der Waals surface area (Å²) in [5, 5.41) is 3.09. The molecule has 32 heavy (non-hydrogen) atoms. The quantitative estimate of drug-likeness (QED) is 0.600. The number of carbonyl (C=O) groups is 1. The van der Waals surface area contributed by atoms with E-state index in [1.807, 2.05) is 31.2 Å². The second-order valence-electron chi connectivity index (χ2n) is 8.81. The Bertz CT molecular complexity index is 1230.